The quantitative estimate of drug-likeness (QED) is 0.565. The molecule has 0 spiro atoms. The molecule has 0 saturated carbocycles. The van der Waals surface area contributed by atoms with Gasteiger partial charge in [-0.3, -0.25) is 4.79 Å². The number of hydrogen-bond acceptors (Lipinski definition) is 3. The molecule has 58 valence electrons. The maximum absolute atomic E-state index is 10.4. The second kappa shape index (κ2) is 3.56. The van der Waals surface area contributed by atoms with Gasteiger partial charge < -0.3 is 10.1 Å². The first-order chi connectivity index (χ1) is 4.79. The third-order valence-corrected chi connectivity index (χ3v) is 1.65. The standard InChI is InChI=1S/C7H13NO2/c1-6(9)10-5-7-3-2-4-8-7/h7-8H,2-5H2,1H3/t7-/m0/s1. The van der Waals surface area contributed by atoms with Crippen molar-refractivity contribution in [2.24, 2.45) is 0 Å². The monoisotopic (exact) mass is 143 g/mol. The van der Waals surface area contributed by atoms with Gasteiger partial charge in [0.05, 0.1) is 0 Å². The number of nitrogens with one attached hydrogen (secondary N) is 1. The van der Waals surface area contributed by atoms with E-state index in [0.717, 1.165) is 13.0 Å². The summed E-state index contributed by atoms with van der Waals surface area (Å²) in [6.45, 7) is 3.04. The zero-order chi connectivity index (χ0) is 7.40. The molecule has 10 heavy (non-hydrogen) atoms. The van der Waals surface area contributed by atoms with Gasteiger partial charge in [0, 0.05) is 13.0 Å². The molecule has 1 saturated heterocycles. The zero-order valence-electron chi connectivity index (χ0n) is 6.22. The van der Waals surface area contributed by atoms with Gasteiger partial charge in [-0.05, 0) is 19.4 Å². The average Bonchev–Trinajstić information content (AvgIpc) is 2.34. The molecule has 1 aliphatic rings. The summed E-state index contributed by atoms with van der Waals surface area (Å²) in [4.78, 5) is 10.4. The Morgan fingerprint density at radius 2 is 2.60 bits per heavy atom. The Kier molecular flexibility index (Phi) is 2.68. The van der Waals surface area contributed by atoms with Gasteiger partial charge in [0.25, 0.3) is 0 Å². The van der Waals surface area contributed by atoms with Crippen molar-refractivity contribution in [1.29, 1.82) is 0 Å². The first-order valence-corrected chi connectivity index (χ1v) is 3.66. The lowest BCUT2D eigenvalue weighted by atomic mass is 10.2. The molecule has 1 N–H and O–H groups in total. The van der Waals surface area contributed by atoms with E-state index in [1.807, 2.05) is 0 Å². The summed E-state index contributed by atoms with van der Waals surface area (Å²) >= 11 is 0. The highest BCUT2D eigenvalue weighted by Crippen LogP contribution is 2.04. The molecule has 0 radical (unpaired) electrons. The third-order valence-electron chi connectivity index (χ3n) is 1.65. The van der Waals surface area contributed by atoms with Crippen molar-refractivity contribution in [3.8, 4) is 0 Å². The summed E-state index contributed by atoms with van der Waals surface area (Å²) in [5.74, 6) is -0.186. The fourth-order valence-corrected chi connectivity index (χ4v) is 1.12. The zero-order valence-corrected chi connectivity index (χ0v) is 6.22. The third kappa shape index (κ3) is 2.35. The molecule has 1 atom stereocenters. The molecule has 1 aliphatic heterocycles. The largest absolute Gasteiger partial charge is 0.464 e. The van der Waals surface area contributed by atoms with Crippen LogP contribution >= 0.6 is 0 Å². The predicted molar refractivity (Wildman–Crippen MR) is 37.7 cm³/mol. The maximum Gasteiger partial charge on any atom is 0.302 e. The van der Waals surface area contributed by atoms with Crippen LogP contribution in [0.4, 0.5) is 0 Å². The van der Waals surface area contributed by atoms with Crippen molar-refractivity contribution in [3.63, 3.8) is 0 Å². The average molecular weight is 143 g/mol. The Morgan fingerprint density at radius 3 is 3.10 bits per heavy atom. The van der Waals surface area contributed by atoms with Gasteiger partial charge in [0.1, 0.15) is 6.61 Å². The van der Waals surface area contributed by atoms with E-state index in [4.69, 9.17) is 4.74 Å². The summed E-state index contributed by atoms with van der Waals surface area (Å²) in [7, 11) is 0. The fourth-order valence-electron chi connectivity index (χ4n) is 1.12. The van der Waals surface area contributed by atoms with Crippen LogP contribution < -0.4 is 5.32 Å². The number of rotatable bonds is 2. The molecule has 0 aromatic carbocycles. The molecule has 0 aromatic heterocycles. The maximum atomic E-state index is 10.4. The Morgan fingerprint density at radius 1 is 1.80 bits per heavy atom. The number of carbonyl (C=O) groups excluding carboxylic acids is 1. The fraction of sp³-hybridized carbons (Fsp3) is 0.857. The van der Waals surface area contributed by atoms with Gasteiger partial charge in [-0.1, -0.05) is 0 Å². The smallest absolute Gasteiger partial charge is 0.302 e. The number of ether oxygens (including phenoxy) is 1. The minimum Gasteiger partial charge on any atom is -0.464 e. The van der Waals surface area contributed by atoms with Crippen LogP contribution in [0.2, 0.25) is 0 Å². The molecule has 0 unspecified atom stereocenters. The molecule has 0 aromatic rings. The van der Waals surface area contributed by atoms with Crippen LogP contribution in [-0.2, 0) is 9.53 Å². The highest BCUT2D eigenvalue weighted by Gasteiger charge is 2.14. The van der Waals surface area contributed by atoms with Crippen LogP contribution in [0, 0.1) is 0 Å². The van der Waals surface area contributed by atoms with Crippen molar-refractivity contribution >= 4 is 5.97 Å². The molecular weight excluding hydrogens is 130 g/mol. The second-order valence-corrected chi connectivity index (χ2v) is 2.60. The normalized spacial score (nSPS) is 24.7. The highest BCUT2D eigenvalue weighted by atomic mass is 16.5. The van der Waals surface area contributed by atoms with E-state index >= 15 is 0 Å². The molecule has 0 aliphatic carbocycles. The number of esters is 1. The Bertz CT molecular complexity index is 119. The molecule has 1 fully saturated rings. The molecule has 0 bridgehead atoms. The molecule has 3 nitrogen and oxygen atoms in total. The summed E-state index contributed by atoms with van der Waals surface area (Å²) < 4.78 is 4.82. The van der Waals surface area contributed by atoms with Gasteiger partial charge >= 0.3 is 5.97 Å². The van der Waals surface area contributed by atoms with Gasteiger partial charge in [-0.15, -0.1) is 0 Å². The van der Waals surface area contributed by atoms with E-state index in [9.17, 15) is 4.79 Å². The lowest BCUT2D eigenvalue weighted by molar-refractivity contribution is -0.141. The number of hydrogen-bond donors (Lipinski definition) is 1. The van der Waals surface area contributed by atoms with Gasteiger partial charge in [-0.25, -0.2) is 0 Å². The lowest BCUT2D eigenvalue weighted by Gasteiger charge is -2.08. The lowest BCUT2D eigenvalue weighted by Crippen LogP contribution is -2.27. The molecule has 1 heterocycles. The van der Waals surface area contributed by atoms with E-state index in [2.05, 4.69) is 5.32 Å². The predicted octanol–water partition coefficient (Wildman–Crippen LogP) is 0.301. The topological polar surface area (TPSA) is 38.3 Å². The van der Waals surface area contributed by atoms with Crippen molar-refractivity contribution in [2.45, 2.75) is 25.8 Å². The summed E-state index contributed by atoms with van der Waals surface area (Å²) in [6.07, 6.45) is 2.33. The number of carbonyl (C=O) groups is 1. The molecule has 0 amide bonds. The summed E-state index contributed by atoms with van der Waals surface area (Å²) in [6, 6.07) is 0.406. The van der Waals surface area contributed by atoms with Crippen LogP contribution in [0.3, 0.4) is 0 Å². The Labute approximate surface area is 60.7 Å². The molecular formula is C7H13NO2. The van der Waals surface area contributed by atoms with E-state index in [-0.39, 0.29) is 5.97 Å². The SMILES string of the molecule is CC(=O)OC[C@@H]1CCCN1. The van der Waals surface area contributed by atoms with Crippen LogP contribution in [0.15, 0.2) is 0 Å². The van der Waals surface area contributed by atoms with Gasteiger partial charge in [-0.2, -0.15) is 0 Å². The first kappa shape index (κ1) is 7.54. The Hall–Kier alpha value is -0.570. The minimum atomic E-state index is -0.186. The van der Waals surface area contributed by atoms with Crippen LogP contribution in [-0.4, -0.2) is 25.2 Å². The van der Waals surface area contributed by atoms with Crippen LogP contribution in [0.25, 0.3) is 0 Å². The minimum absolute atomic E-state index is 0.186. The first-order valence-electron chi connectivity index (χ1n) is 3.66. The van der Waals surface area contributed by atoms with E-state index in [1.165, 1.54) is 13.3 Å². The summed E-state index contributed by atoms with van der Waals surface area (Å²) in [5.41, 5.74) is 0. The summed E-state index contributed by atoms with van der Waals surface area (Å²) in [5, 5.41) is 3.23. The Balaban J connectivity index is 2.07. The van der Waals surface area contributed by atoms with Crippen molar-refractivity contribution in [1.82, 2.24) is 5.32 Å². The van der Waals surface area contributed by atoms with Crippen molar-refractivity contribution in [3.05, 3.63) is 0 Å². The molecule has 3 heteroatoms. The van der Waals surface area contributed by atoms with E-state index in [1.54, 1.807) is 0 Å². The van der Waals surface area contributed by atoms with E-state index < -0.39 is 0 Å². The van der Waals surface area contributed by atoms with Gasteiger partial charge in [0.15, 0.2) is 0 Å². The van der Waals surface area contributed by atoms with Gasteiger partial charge in [0.2, 0.25) is 0 Å². The van der Waals surface area contributed by atoms with Crippen LogP contribution in [0.5, 0.6) is 0 Å². The second-order valence-electron chi connectivity index (χ2n) is 2.60. The van der Waals surface area contributed by atoms with Crippen molar-refractivity contribution < 1.29 is 9.53 Å². The highest BCUT2D eigenvalue weighted by molar-refractivity contribution is 5.65. The van der Waals surface area contributed by atoms with E-state index in [0.29, 0.717) is 12.6 Å². The van der Waals surface area contributed by atoms with Crippen LogP contribution in [0.1, 0.15) is 19.8 Å². The molecule has 1 rings (SSSR count). The van der Waals surface area contributed by atoms with Crippen molar-refractivity contribution in [2.75, 3.05) is 13.2 Å².